The van der Waals surface area contributed by atoms with Crippen molar-refractivity contribution >= 4 is 56.8 Å². The van der Waals surface area contributed by atoms with Gasteiger partial charge in [0.2, 0.25) is 5.52 Å². The molecule has 5 rings (SSSR count). The third kappa shape index (κ3) is 4.79. The maximum atomic E-state index is 2.40. The van der Waals surface area contributed by atoms with Crippen molar-refractivity contribution in [2.24, 2.45) is 12.5 Å². The number of thioether (sulfide) groups is 2. The molecule has 2 heterocycles. The van der Waals surface area contributed by atoms with Crippen LogP contribution in [0.4, 0.5) is 5.69 Å². The van der Waals surface area contributed by atoms with Gasteiger partial charge in [-0.25, -0.2) is 0 Å². The molecule has 0 atom stereocenters. The third-order valence-corrected chi connectivity index (χ3v) is 9.51. The Morgan fingerprint density at radius 2 is 1.94 bits per heavy atom. The summed E-state index contributed by atoms with van der Waals surface area (Å²) < 4.78 is 3.60. The lowest BCUT2D eigenvalue weighted by molar-refractivity contribution is -0.642. The van der Waals surface area contributed by atoms with Gasteiger partial charge in [-0.05, 0) is 66.0 Å². The summed E-state index contributed by atoms with van der Waals surface area (Å²) in [5.74, 6) is 0. The Hall–Kier alpha value is -2.21. The number of thiazole rings is 1. The van der Waals surface area contributed by atoms with E-state index in [2.05, 4.69) is 117 Å². The van der Waals surface area contributed by atoms with Crippen LogP contribution in [-0.4, -0.2) is 13.3 Å². The van der Waals surface area contributed by atoms with Crippen LogP contribution >= 0.6 is 34.9 Å². The molecule has 0 bridgehead atoms. The molecule has 0 saturated carbocycles. The number of hydrogen-bond acceptors (Lipinski definition) is 4. The predicted molar refractivity (Wildman–Crippen MR) is 152 cm³/mol. The highest BCUT2D eigenvalue weighted by atomic mass is 32.2. The first-order chi connectivity index (χ1) is 16.3. The average Bonchev–Trinajstić information content (AvgIpc) is 3.29. The SMILES string of the molecule is CSc1ccc2c(c1)N(C)C(=CC1=CC(=CC=Cc3sc4ccccc4[n+]3C)CC(C)(C)C1)S2. The van der Waals surface area contributed by atoms with Gasteiger partial charge in [-0.1, -0.05) is 67.3 Å². The molecule has 1 aliphatic carbocycles. The summed E-state index contributed by atoms with van der Waals surface area (Å²) in [5.41, 5.74) is 5.67. The molecule has 0 N–H and O–H groups in total. The predicted octanol–water partition coefficient (Wildman–Crippen LogP) is 8.22. The molecule has 2 aromatic carbocycles. The lowest BCUT2D eigenvalue weighted by Crippen LogP contribution is -2.28. The summed E-state index contributed by atoms with van der Waals surface area (Å²) in [5, 5.41) is 2.58. The minimum atomic E-state index is 0.254. The Morgan fingerprint density at radius 1 is 1.12 bits per heavy atom. The van der Waals surface area contributed by atoms with Crippen molar-refractivity contribution in [3.63, 3.8) is 0 Å². The van der Waals surface area contributed by atoms with Crippen LogP contribution in [0.2, 0.25) is 0 Å². The maximum absolute atomic E-state index is 2.40. The van der Waals surface area contributed by atoms with E-state index in [0.29, 0.717) is 0 Å². The summed E-state index contributed by atoms with van der Waals surface area (Å²) in [7, 11) is 4.34. The average molecular weight is 504 g/mol. The van der Waals surface area contributed by atoms with Crippen molar-refractivity contribution in [1.82, 2.24) is 0 Å². The van der Waals surface area contributed by atoms with Gasteiger partial charge >= 0.3 is 0 Å². The largest absolute Gasteiger partial charge is 0.338 e. The van der Waals surface area contributed by atoms with E-state index in [9.17, 15) is 0 Å². The summed E-state index contributed by atoms with van der Waals surface area (Å²) in [6.07, 6.45) is 15.9. The van der Waals surface area contributed by atoms with Crippen LogP contribution in [0.3, 0.4) is 0 Å². The van der Waals surface area contributed by atoms with Crippen LogP contribution in [0.15, 0.2) is 92.7 Å². The zero-order valence-electron chi connectivity index (χ0n) is 20.5. The van der Waals surface area contributed by atoms with Gasteiger partial charge in [0, 0.05) is 29.0 Å². The molecule has 34 heavy (non-hydrogen) atoms. The van der Waals surface area contributed by atoms with Gasteiger partial charge in [0.15, 0.2) is 0 Å². The van der Waals surface area contributed by atoms with E-state index >= 15 is 0 Å². The topological polar surface area (TPSA) is 7.12 Å². The molecule has 0 saturated heterocycles. The molecule has 0 amide bonds. The smallest absolute Gasteiger partial charge is 0.262 e. The number of aromatic nitrogens is 1. The number of allylic oxidation sites excluding steroid dienone is 6. The van der Waals surface area contributed by atoms with E-state index < -0.39 is 0 Å². The van der Waals surface area contributed by atoms with E-state index in [-0.39, 0.29) is 5.41 Å². The fraction of sp³-hybridized carbons (Fsp3) is 0.276. The normalized spacial score (nSPS) is 20.0. The second kappa shape index (κ2) is 9.44. The highest BCUT2D eigenvalue weighted by Crippen LogP contribution is 2.48. The number of anilines is 1. The van der Waals surface area contributed by atoms with Crippen LogP contribution in [-0.2, 0) is 7.05 Å². The Bertz CT molecular complexity index is 1370. The minimum Gasteiger partial charge on any atom is -0.338 e. The summed E-state index contributed by atoms with van der Waals surface area (Å²) >= 11 is 5.52. The van der Waals surface area contributed by atoms with Gasteiger partial charge in [-0.2, -0.15) is 4.57 Å². The summed E-state index contributed by atoms with van der Waals surface area (Å²) in [4.78, 5) is 5.00. The van der Waals surface area contributed by atoms with Crippen molar-refractivity contribution in [2.75, 3.05) is 18.2 Å². The number of rotatable bonds is 4. The van der Waals surface area contributed by atoms with Gasteiger partial charge in [0.1, 0.15) is 11.7 Å². The molecule has 174 valence electrons. The van der Waals surface area contributed by atoms with E-state index in [1.54, 1.807) is 11.8 Å². The molecular weight excluding hydrogens is 473 g/mol. The first kappa shape index (κ1) is 23.5. The van der Waals surface area contributed by atoms with Gasteiger partial charge in [-0.15, -0.1) is 11.8 Å². The second-order valence-corrected chi connectivity index (χ2v) is 12.8. The third-order valence-electron chi connectivity index (χ3n) is 6.44. The van der Waals surface area contributed by atoms with Gasteiger partial charge in [0.25, 0.3) is 5.01 Å². The maximum Gasteiger partial charge on any atom is 0.262 e. The molecule has 0 unspecified atom stereocenters. The Labute approximate surface area is 215 Å². The van der Waals surface area contributed by atoms with Crippen molar-refractivity contribution in [3.05, 3.63) is 88.0 Å². The van der Waals surface area contributed by atoms with E-state index in [4.69, 9.17) is 0 Å². The lowest BCUT2D eigenvalue weighted by atomic mass is 9.75. The Morgan fingerprint density at radius 3 is 2.74 bits per heavy atom. The highest BCUT2D eigenvalue weighted by molar-refractivity contribution is 8.03. The molecule has 5 heteroatoms. The summed E-state index contributed by atoms with van der Waals surface area (Å²) in [6, 6.07) is 15.4. The first-order valence-electron chi connectivity index (χ1n) is 11.6. The first-order valence-corrected chi connectivity index (χ1v) is 14.5. The minimum absolute atomic E-state index is 0.254. The van der Waals surface area contributed by atoms with Gasteiger partial charge in [-0.3, -0.25) is 0 Å². The lowest BCUT2D eigenvalue weighted by Gasteiger charge is -2.30. The number of nitrogens with zero attached hydrogens (tertiary/aromatic N) is 2. The van der Waals surface area contributed by atoms with Gasteiger partial charge in [0.05, 0.1) is 10.7 Å². The Kier molecular flexibility index (Phi) is 6.54. The van der Waals surface area contributed by atoms with Crippen LogP contribution in [0.5, 0.6) is 0 Å². The second-order valence-electron chi connectivity index (χ2n) is 9.78. The molecule has 0 spiro atoms. The Balaban J connectivity index is 1.40. The molecule has 3 aromatic rings. The van der Waals surface area contributed by atoms with Crippen molar-refractivity contribution in [2.45, 2.75) is 36.5 Å². The van der Waals surface area contributed by atoms with Crippen molar-refractivity contribution in [3.8, 4) is 0 Å². The molecule has 0 radical (unpaired) electrons. The summed E-state index contributed by atoms with van der Waals surface area (Å²) in [6.45, 7) is 4.76. The van der Waals surface area contributed by atoms with Crippen molar-refractivity contribution in [1.29, 1.82) is 0 Å². The molecule has 2 aliphatic rings. The van der Waals surface area contributed by atoms with E-state index in [1.807, 2.05) is 23.1 Å². The van der Waals surface area contributed by atoms with E-state index in [1.165, 1.54) is 46.9 Å². The molecule has 1 aromatic heterocycles. The van der Waals surface area contributed by atoms with Crippen LogP contribution in [0, 0.1) is 5.41 Å². The van der Waals surface area contributed by atoms with Crippen LogP contribution < -0.4 is 9.47 Å². The van der Waals surface area contributed by atoms with E-state index in [0.717, 1.165) is 12.8 Å². The number of benzene rings is 2. The zero-order valence-corrected chi connectivity index (χ0v) is 22.9. The molecular formula is C29H31N2S3+. The van der Waals surface area contributed by atoms with Gasteiger partial charge < -0.3 is 4.90 Å². The highest BCUT2D eigenvalue weighted by Gasteiger charge is 2.27. The standard InChI is InChI=1S/C29H31N2S3/c1-29(2)18-20(9-8-12-27-30(3)23-10-6-7-11-25(23)33-27)15-21(19-29)16-28-31(4)24-17-22(32-5)13-14-26(24)34-28/h6-17H,18-19H2,1-5H3/q+1. The van der Waals surface area contributed by atoms with Crippen LogP contribution in [0.25, 0.3) is 16.3 Å². The fourth-order valence-corrected chi connectivity index (χ4v) is 7.39. The molecule has 2 nitrogen and oxygen atoms in total. The number of para-hydroxylation sites is 1. The molecule has 0 fully saturated rings. The number of fused-ring (bicyclic) bond motifs is 2. The fourth-order valence-electron chi connectivity index (χ4n) is 4.79. The monoisotopic (exact) mass is 503 g/mol. The zero-order chi connectivity index (χ0) is 23.9. The number of hydrogen-bond donors (Lipinski definition) is 0. The molecule has 1 aliphatic heterocycles. The number of aryl methyl sites for hydroxylation is 1. The van der Waals surface area contributed by atoms with Crippen molar-refractivity contribution < 1.29 is 4.57 Å². The van der Waals surface area contributed by atoms with Crippen LogP contribution in [0.1, 0.15) is 31.7 Å². The quantitative estimate of drug-likeness (QED) is 0.262.